The first kappa shape index (κ1) is 30.5. The first-order valence-corrected chi connectivity index (χ1v) is 15.3. The van der Waals surface area contributed by atoms with Crippen LogP contribution in [0, 0.1) is 17.2 Å². The highest BCUT2D eigenvalue weighted by atomic mass is 33.1. The van der Waals surface area contributed by atoms with E-state index >= 15 is 0 Å². The van der Waals surface area contributed by atoms with E-state index in [9.17, 15) is 23.4 Å². The second kappa shape index (κ2) is 15.5. The molecule has 1 aliphatic heterocycles. The van der Waals surface area contributed by atoms with Crippen molar-refractivity contribution in [3.63, 3.8) is 0 Å². The van der Waals surface area contributed by atoms with Crippen LogP contribution >= 0.6 is 10.8 Å². The van der Waals surface area contributed by atoms with Crippen LogP contribution in [0.2, 0.25) is 0 Å². The van der Waals surface area contributed by atoms with Crippen molar-refractivity contribution in [2.75, 3.05) is 12.3 Å². The van der Waals surface area contributed by atoms with E-state index in [4.69, 9.17) is 5.26 Å². The molecule has 2 unspecified atom stereocenters. The summed E-state index contributed by atoms with van der Waals surface area (Å²) in [4.78, 5) is 50.8. The maximum atomic E-state index is 13.2. The van der Waals surface area contributed by atoms with Gasteiger partial charge in [0.25, 0.3) is 5.91 Å². The molecular formula is C26H36N4O5S2. The molecule has 2 rings (SSSR count). The maximum absolute atomic E-state index is 13.2. The Bertz CT molecular complexity index is 1020. The Morgan fingerprint density at radius 2 is 1.84 bits per heavy atom. The number of carbonyl (C=O) groups is 4. The molecule has 1 aromatic carbocycles. The highest BCUT2D eigenvalue weighted by molar-refractivity contribution is 8.69. The number of Topliss-reactive ketones (excluding diaryl/α,β-unsaturated/α-hetero) is 1. The molecule has 0 bridgehead atoms. The average molecular weight is 549 g/mol. The average Bonchev–Trinajstić information content (AvgIpc) is 3.29. The Hall–Kier alpha value is -2.71. The number of unbranched alkanes of at least 4 members (excludes halogenated alkanes) is 1. The Morgan fingerprint density at radius 1 is 1.14 bits per heavy atom. The SMILES string of the molecule is CCNC(=O)C(=O)[C@H](Cc1ccc(C#N)cc1)NC(=O)[C@@H](NC(=O)CCCCC1CCSS1=O)C(C)C. The van der Waals surface area contributed by atoms with E-state index in [1.807, 2.05) is 6.07 Å². The summed E-state index contributed by atoms with van der Waals surface area (Å²) in [7, 11) is 0.649. The van der Waals surface area contributed by atoms with Crippen LogP contribution in [0.15, 0.2) is 24.3 Å². The van der Waals surface area contributed by atoms with E-state index in [0.29, 0.717) is 17.5 Å². The molecule has 0 saturated carbocycles. The number of nitrogens with one attached hydrogen (secondary N) is 3. The lowest BCUT2D eigenvalue weighted by atomic mass is 9.98. The van der Waals surface area contributed by atoms with Gasteiger partial charge in [-0.1, -0.05) is 43.2 Å². The van der Waals surface area contributed by atoms with Crippen LogP contribution in [0.4, 0.5) is 0 Å². The van der Waals surface area contributed by atoms with Crippen molar-refractivity contribution in [3.05, 3.63) is 35.4 Å². The summed E-state index contributed by atoms with van der Waals surface area (Å²) in [5, 5.41) is 17.1. The number of nitriles is 1. The fourth-order valence-corrected chi connectivity index (χ4v) is 7.45. The number of amides is 3. The highest BCUT2D eigenvalue weighted by Crippen LogP contribution is 2.29. The van der Waals surface area contributed by atoms with Crippen molar-refractivity contribution in [2.24, 2.45) is 5.92 Å². The molecule has 202 valence electrons. The van der Waals surface area contributed by atoms with Crippen LogP contribution in [0.3, 0.4) is 0 Å². The van der Waals surface area contributed by atoms with Crippen LogP contribution in [0.1, 0.15) is 64.0 Å². The number of nitrogens with zero attached hydrogens (tertiary/aromatic N) is 1. The minimum atomic E-state index is -1.13. The number of hydrogen-bond donors (Lipinski definition) is 3. The van der Waals surface area contributed by atoms with Gasteiger partial charge < -0.3 is 16.0 Å². The number of likely N-dealkylation sites (N-methyl/N-ethyl adjacent to an activating group) is 1. The molecule has 1 saturated heterocycles. The smallest absolute Gasteiger partial charge is 0.289 e. The first-order chi connectivity index (χ1) is 17.7. The second-order valence-corrected chi connectivity index (χ2v) is 12.9. The van der Waals surface area contributed by atoms with Crippen LogP contribution < -0.4 is 16.0 Å². The summed E-state index contributed by atoms with van der Waals surface area (Å²) in [6.07, 6.45) is 3.49. The Balaban J connectivity index is 2.00. The van der Waals surface area contributed by atoms with E-state index in [1.54, 1.807) is 45.0 Å². The van der Waals surface area contributed by atoms with Gasteiger partial charge in [0, 0.05) is 30.4 Å². The van der Waals surface area contributed by atoms with Crippen molar-refractivity contribution in [2.45, 2.75) is 76.6 Å². The van der Waals surface area contributed by atoms with Gasteiger partial charge in [0.05, 0.1) is 21.5 Å². The molecule has 1 aliphatic rings. The first-order valence-electron chi connectivity index (χ1n) is 12.6. The zero-order valence-corrected chi connectivity index (χ0v) is 23.2. The molecule has 0 aromatic heterocycles. The van der Waals surface area contributed by atoms with Gasteiger partial charge in [0.1, 0.15) is 12.1 Å². The third kappa shape index (κ3) is 9.93. The molecule has 0 spiro atoms. The van der Waals surface area contributed by atoms with Gasteiger partial charge in [-0.05, 0) is 49.8 Å². The zero-order valence-electron chi connectivity index (χ0n) is 21.6. The molecule has 0 aliphatic carbocycles. The predicted octanol–water partition coefficient (Wildman–Crippen LogP) is 2.16. The Morgan fingerprint density at radius 3 is 2.41 bits per heavy atom. The summed E-state index contributed by atoms with van der Waals surface area (Å²) in [5.41, 5.74) is 1.13. The Kier molecular flexibility index (Phi) is 12.8. The monoisotopic (exact) mass is 548 g/mol. The molecule has 1 heterocycles. The van der Waals surface area contributed by atoms with Gasteiger partial charge in [0.2, 0.25) is 17.6 Å². The topological polar surface area (TPSA) is 145 Å². The van der Waals surface area contributed by atoms with E-state index in [-0.39, 0.29) is 36.5 Å². The van der Waals surface area contributed by atoms with Gasteiger partial charge in [0.15, 0.2) is 0 Å². The van der Waals surface area contributed by atoms with Gasteiger partial charge in [-0.2, -0.15) is 5.26 Å². The van der Waals surface area contributed by atoms with Crippen molar-refractivity contribution < 1.29 is 23.4 Å². The summed E-state index contributed by atoms with van der Waals surface area (Å²) < 4.78 is 11.8. The van der Waals surface area contributed by atoms with Gasteiger partial charge in [-0.25, -0.2) is 4.21 Å². The minimum absolute atomic E-state index is 0.0625. The lowest BCUT2D eigenvalue weighted by Gasteiger charge is -2.25. The van der Waals surface area contributed by atoms with Crippen molar-refractivity contribution >= 4 is 44.1 Å². The van der Waals surface area contributed by atoms with Crippen molar-refractivity contribution in [3.8, 4) is 6.07 Å². The van der Waals surface area contributed by atoms with Gasteiger partial charge in [-0.3, -0.25) is 19.2 Å². The molecule has 4 atom stereocenters. The number of rotatable bonds is 14. The fourth-order valence-electron chi connectivity index (χ4n) is 3.96. The molecule has 3 N–H and O–H groups in total. The van der Waals surface area contributed by atoms with E-state index in [0.717, 1.165) is 25.0 Å². The van der Waals surface area contributed by atoms with Crippen LogP contribution in [0.5, 0.6) is 0 Å². The second-order valence-electron chi connectivity index (χ2n) is 9.33. The number of hydrogen-bond acceptors (Lipinski definition) is 7. The fraction of sp³-hybridized carbons (Fsp3) is 0.577. The number of carbonyl (C=O) groups excluding carboxylic acids is 4. The minimum Gasteiger partial charge on any atom is -0.350 e. The van der Waals surface area contributed by atoms with Gasteiger partial charge >= 0.3 is 0 Å². The standard InChI is InChI=1S/C26H36N4O5S2/c1-4-28-26(34)24(32)21(15-18-9-11-19(16-27)12-10-18)29-25(33)23(17(2)3)30-22(31)8-6-5-7-20-13-14-36-37(20)35/h9-12,17,20-21,23H,4-8,13-15H2,1-3H3,(H,28,34)(H,29,33)(H,30,31)/t20?,21-,23-,37?/m0/s1. The molecule has 3 amide bonds. The molecule has 9 nitrogen and oxygen atoms in total. The molecular weight excluding hydrogens is 512 g/mol. The molecule has 1 aromatic rings. The normalized spacial score (nSPS) is 18.5. The van der Waals surface area contributed by atoms with Crippen LogP contribution in [-0.4, -0.2) is 57.3 Å². The van der Waals surface area contributed by atoms with Gasteiger partial charge in [-0.15, -0.1) is 0 Å². The maximum Gasteiger partial charge on any atom is 0.289 e. The third-order valence-electron chi connectivity index (χ3n) is 6.07. The van der Waals surface area contributed by atoms with E-state index < -0.39 is 39.5 Å². The van der Waals surface area contributed by atoms with Crippen molar-refractivity contribution in [1.29, 1.82) is 5.26 Å². The molecule has 37 heavy (non-hydrogen) atoms. The van der Waals surface area contributed by atoms with E-state index in [1.165, 1.54) is 10.8 Å². The quantitative estimate of drug-likeness (QED) is 0.183. The van der Waals surface area contributed by atoms with Crippen LogP contribution in [-0.2, 0) is 35.4 Å². The van der Waals surface area contributed by atoms with Crippen molar-refractivity contribution in [1.82, 2.24) is 16.0 Å². The zero-order chi connectivity index (χ0) is 27.4. The summed E-state index contributed by atoms with van der Waals surface area (Å²) in [6.45, 7) is 5.54. The molecule has 11 heteroatoms. The van der Waals surface area contributed by atoms with Crippen LogP contribution in [0.25, 0.3) is 0 Å². The number of ketones is 1. The summed E-state index contributed by atoms with van der Waals surface area (Å²) >= 11 is 0. The third-order valence-corrected chi connectivity index (χ3v) is 9.74. The Labute approximate surface area is 224 Å². The highest BCUT2D eigenvalue weighted by Gasteiger charge is 2.31. The lowest BCUT2D eigenvalue weighted by Crippen LogP contribution is -2.56. The van der Waals surface area contributed by atoms with E-state index in [2.05, 4.69) is 16.0 Å². The summed E-state index contributed by atoms with van der Waals surface area (Å²) in [5.74, 6) is -1.73. The summed E-state index contributed by atoms with van der Waals surface area (Å²) in [6, 6.07) is 6.56. The predicted molar refractivity (Wildman–Crippen MR) is 145 cm³/mol. The number of benzene rings is 1. The molecule has 0 radical (unpaired) electrons. The largest absolute Gasteiger partial charge is 0.350 e. The lowest BCUT2D eigenvalue weighted by molar-refractivity contribution is -0.140. The molecule has 1 fully saturated rings.